The standard InChI is InChI=1S/C13H21NO2S.ClH/c1-12(2,3)17(15,16)13(4,14)10-11-8-6-5-7-9-11;/h5-9H,10,14H2,1-4H3;1H/t13-;/m0./s1. The van der Waals surface area contributed by atoms with Gasteiger partial charge in [0.1, 0.15) is 4.87 Å². The van der Waals surface area contributed by atoms with Crippen molar-refractivity contribution in [3.8, 4) is 0 Å². The minimum Gasteiger partial charge on any atom is -0.313 e. The molecule has 1 rings (SSSR count). The molecule has 0 aliphatic rings. The summed E-state index contributed by atoms with van der Waals surface area (Å²) in [5.41, 5.74) is 6.96. The normalized spacial score (nSPS) is 15.6. The maximum Gasteiger partial charge on any atom is 0.173 e. The Bertz CT molecular complexity index is 475. The van der Waals surface area contributed by atoms with Gasteiger partial charge < -0.3 is 5.73 Å². The fourth-order valence-corrected chi connectivity index (χ4v) is 3.55. The van der Waals surface area contributed by atoms with Crippen LogP contribution in [0.1, 0.15) is 33.3 Å². The summed E-state index contributed by atoms with van der Waals surface area (Å²) in [6.45, 7) is 6.62. The zero-order valence-electron chi connectivity index (χ0n) is 11.3. The molecule has 0 saturated heterocycles. The molecule has 0 aliphatic heterocycles. The van der Waals surface area contributed by atoms with E-state index in [2.05, 4.69) is 0 Å². The molecule has 0 unspecified atom stereocenters. The summed E-state index contributed by atoms with van der Waals surface area (Å²) in [5.74, 6) is 0. The van der Waals surface area contributed by atoms with Crippen molar-refractivity contribution in [2.45, 2.75) is 43.7 Å². The van der Waals surface area contributed by atoms with E-state index in [1.54, 1.807) is 27.7 Å². The molecule has 18 heavy (non-hydrogen) atoms. The van der Waals surface area contributed by atoms with Gasteiger partial charge in [0.2, 0.25) is 0 Å². The van der Waals surface area contributed by atoms with Gasteiger partial charge in [-0.3, -0.25) is 0 Å². The lowest BCUT2D eigenvalue weighted by molar-refractivity contribution is 0.502. The fourth-order valence-electron chi connectivity index (χ4n) is 1.80. The first-order valence-electron chi connectivity index (χ1n) is 5.65. The zero-order chi connectivity index (χ0) is 13.3. The Balaban J connectivity index is 0.00000289. The monoisotopic (exact) mass is 291 g/mol. The minimum atomic E-state index is -3.40. The predicted octanol–water partition coefficient (Wildman–Crippen LogP) is 2.54. The SMILES string of the molecule is CC(C)(C)S(=O)(=O)[C@](C)(N)Cc1ccccc1.Cl. The predicted molar refractivity (Wildman–Crippen MR) is 78.7 cm³/mol. The van der Waals surface area contributed by atoms with Gasteiger partial charge in [-0.05, 0) is 33.3 Å². The molecule has 1 atom stereocenters. The molecule has 0 saturated carbocycles. The van der Waals surface area contributed by atoms with E-state index in [1.165, 1.54) is 0 Å². The van der Waals surface area contributed by atoms with Crippen LogP contribution >= 0.6 is 12.4 Å². The van der Waals surface area contributed by atoms with Crippen LogP contribution in [0.2, 0.25) is 0 Å². The topological polar surface area (TPSA) is 60.2 Å². The maximum absolute atomic E-state index is 12.4. The Morgan fingerprint density at radius 3 is 1.89 bits per heavy atom. The number of nitrogens with two attached hydrogens (primary N) is 1. The Labute approximate surface area is 116 Å². The number of hydrogen-bond acceptors (Lipinski definition) is 3. The molecule has 0 bridgehead atoms. The zero-order valence-corrected chi connectivity index (χ0v) is 12.9. The molecule has 1 aromatic carbocycles. The molecule has 104 valence electrons. The van der Waals surface area contributed by atoms with E-state index < -0.39 is 19.5 Å². The molecule has 0 aliphatic carbocycles. The summed E-state index contributed by atoms with van der Waals surface area (Å²) in [4.78, 5) is -1.24. The molecular formula is C13H22ClNO2S. The van der Waals surface area contributed by atoms with Crippen LogP contribution in [-0.2, 0) is 16.3 Å². The van der Waals surface area contributed by atoms with E-state index in [4.69, 9.17) is 5.73 Å². The molecule has 2 N–H and O–H groups in total. The van der Waals surface area contributed by atoms with Crippen LogP contribution in [0.5, 0.6) is 0 Å². The van der Waals surface area contributed by atoms with Gasteiger partial charge in [-0.1, -0.05) is 30.3 Å². The number of sulfone groups is 1. The van der Waals surface area contributed by atoms with Crippen molar-refractivity contribution in [2.75, 3.05) is 0 Å². The lowest BCUT2D eigenvalue weighted by Crippen LogP contribution is -2.53. The van der Waals surface area contributed by atoms with Crippen LogP contribution in [0, 0.1) is 0 Å². The second kappa shape index (κ2) is 5.59. The van der Waals surface area contributed by atoms with Crippen molar-refractivity contribution in [1.29, 1.82) is 0 Å². The second-order valence-electron chi connectivity index (χ2n) is 5.59. The Morgan fingerprint density at radius 2 is 1.50 bits per heavy atom. The molecule has 0 aromatic heterocycles. The summed E-state index contributed by atoms with van der Waals surface area (Å²) in [6, 6.07) is 9.45. The lowest BCUT2D eigenvalue weighted by atomic mass is 10.1. The van der Waals surface area contributed by atoms with Gasteiger partial charge in [0, 0.05) is 6.42 Å². The third-order valence-electron chi connectivity index (χ3n) is 2.82. The van der Waals surface area contributed by atoms with Gasteiger partial charge in [-0.15, -0.1) is 12.4 Å². The first kappa shape index (κ1) is 17.4. The summed E-state index contributed by atoms with van der Waals surface area (Å²) in [6.07, 6.45) is 0.327. The molecule has 0 fully saturated rings. The highest BCUT2D eigenvalue weighted by molar-refractivity contribution is 7.94. The smallest absolute Gasteiger partial charge is 0.173 e. The lowest BCUT2D eigenvalue weighted by Gasteiger charge is -2.32. The third kappa shape index (κ3) is 3.46. The molecular weight excluding hydrogens is 270 g/mol. The Kier molecular flexibility index (Phi) is 5.41. The fraction of sp³-hybridized carbons (Fsp3) is 0.538. The Morgan fingerprint density at radius 1 is 1.06 bits per heavy atom. The van der Waals surface area contributed by atoms with Crippen LogP contribution in [0.3, 0.4) is 0 Å². The van der Waals surface area contributed by atoms with Crippen molar-refractivity contribution < 1.29 is 8.42 Å². The van der Waals surface area contributed by atoms with Crippen molar-refractivity contribution in [3.05, 3.63) is 35.9 Å². The third-order valence-corrected chi connectivity index (χ3v) is 5.80. The van der Waals surface area contributed by atoms with Gasteiger partial charge in [0.05, 0.1) is 4.75 Å². The van der Waals surface area contributed by atoms with Gasteiger partial charge in [0.15, 0.2) is 9.84 Å². The van der Waals surface area contributed by atoms with Gasteiger partial charge in [-0.25, -0.2) is 8.42 Å². The second-order valence-corrected chi connectivity index (χ2v) is 8.76. The molecule has 5 heteroatoms. The number of halogens is 1. The number of benzene rings is 1. The molecule has 0 heterocycles. The molecule has 0 amide bonds. The van der Waals surface area contributed by atoms with Crippen molar-refractivity contribution >= 4 is 22.2 Å². The average molecular weight is 292 g/mol. The van der Waals surface area contributed by atoms with Crippen molar-refractivity contribution in [2.24, 2.45) is 5.73 Å². The summed E-state index contributed by atoms with van der Waals surface area (Å²) < 4.78 is 23.9. The van der Waals surface area contributed by atoms with Crippen LogP contribution in [0.25, 0.3) is 0 Å². The van der Waals surface area contributed by atoms with Crippen molar-refractivity contribution in [1.82, 2.24) is 0 Å². The number of hydrogen-bond donors (Lipinski definition) is 1. The van der Waals surface area contributed by atoms with Gasteiger partial charge >= 0.3 is 0 Å². The van der Waals surface area contributed by atoms with E-state index in [9.17, 15) is 8.42 Å². The van der Waals surface area contributed by atoms with Gasteiger partial charge in [0.25, 0.3) is 0 Å². The Hall–Kier alpha value is -0.580. The van der Waals surface area contributed by atoms with Crippen LogP contribution in [-0.4, -0.2) is 18.0 Å². The molecule has 0 radical (unpaired) electrons. The van der Waals surface area contributed by atoms with Crippen LogP contribution < -0.4 is 5.73 Å². The van der Waals surface area contributed by atoms with Crippen LogP contribution in [0.4, 0.5) is 0 Å². The summed E-state index contributed by atoms with van der Waals surface area (Å²) >= 11 is 0. The largest absolute Gasteiger partial charge is 0.313 e. The quantitative estimate of drug-likeness (QED) is 0.931. The highest BCUT2D eigenvalue weighted by Gasteiger charge is 2.43. The molecule has 0 spiro atoms. The van der Waals surface area contributed by atoms with E-state index in [1.807, 2.05) is 30.3 Å². The highest BCUT2D eigenvalue weighted by Crippen LogP contribution is 2.28. The van der Waals surface area contributed by atoms with E-state index in [0.717, 1.165) is 5.56 Å². The molecule has 1 aromatic rings. The minimum absolute atomic E-state index is 0. The summed E-state index contributed by atoms with van der Waals surface area (Å²) in [5, 5.41) is 0. The maximum atomic E-state index is 12.4. The summed E-state index contributed by atoms with van der Waals surface area (Å²) in [7, 11) is -3.40. The van der Waals surface area contributed by atoms with Gasteiger partial charge in [-0.2, -0.15) is 0 Å². The first-order valence-corrected chi connectivity index (χ1v) is 7.13. The first-order chi connectivity index (χ1) is 7.58. The highest BCUT2D eigenvalue weighted by atomic mass is 35.5. The van der Waals surface area contributed by atoms with Crippen molar-refractivity contribution in [3.63, 3.8) is 0 Å². The van der Waals surface area contributed by atoms with E-state index in [0.29, 0.717) is 6.42 Å². The number of rotatable bonds is 3. The van der Waals surface area contributed by atoms with Crippen LogP contribution in [0.15, 0.2) is 30.3 Å². The van der Waals surface area contributed by atoms with E-state index in [-0.39, 0.29) is 12.4 Å². The molecule has 3 nitrogen and oxygen atoms in total. The average Bonchev–Trinajstić information content (AvgIpc) is 2.16. The van der Waals surface area contributed by atoms with E-state index >= 15 is 0 Å².